The Bertz CT molecular complexity index is 795. The number of furan rings is 1. The molecule has 2 atom stereocenters. The van der Waals surface area contributed by atoms with Crippen LogP contribution in [0.2, 0.25) is 0 Å². The van der Waals surface area contributed by atoms with Gasteiger partial charge in [-0.2, -0.15) is 0 Å². The predicted octanol–water partition coefficient (Wildman–Crippen LogP) is 3.11. The van der Waals surface area contributed by atoms with E-state index in [4.69, 9.17) is 10.2 Å². The van der Waals surface area contributed by atoms with E-state index in [2.05, 4.69) is 0 Å². The molecular weight excluding hydrogens is 386 g/mol. The van der Waals surface area contributed by atoms with Crippen LogP contribution < -0.4 is 5.73 Å². The number of thiophene rings is 1. The monoisotopic (exact) mass is 411 g/mol. The van der Waals surface area contributed by atoms with Gasteiger partial charge in [0.1, 0.15) is 5.58 Å². The number of fused-ring (bicyclic) bond motifs is 1. The SMILES string of the molecule is CC1(N)CCCCC1C(=O)N1CCN(C(=O)c2cc3occc3s2)CC1.Cl. The second-order valence-corrected chi connectivity index (χ2v) is 8.77. The second kappa shape index (κ2) is 7.81. The van der Waals surface area contributed by atoms with E-state index in [1.54, 1.807) is 6.26 Å². The van der Waals surface area contributed by atoms with Gasteiger partial charge < -0.3 is 20.0 Å². The molecule has 4 rings (SSSR count). The molecule has 2 aliphatic rings. The van der Waals surface area contributed by atoms with E-state index in [0.29, 0.717) is 31.1 Å². The zero-order chi connectivity index (χ0) is 18.3. The van der Waals surface area contributed by atoms with Crippen molar-refractivity contribution in [2.45, 2.75) is 38.1 Å². The third-order valence-electron chi connectivity index (χ3n) is 5.78. The molecule has 2 fully saturated rings. The Labute approximate surface area is 169 Å². The van der Waals surface area contributed by atoms with Crippen LogP contribution >= 0.6 is 23.7 Å². The molecule has 6 nitrogen and oxygen atoms in total. The Morgan fingerprint density at radius 3 is 2.59 bits per heavy atom. The maximum absolute atomic E-state index is 12.9. The minimum absolute atomic E-state index is 0. The van der Waals surface area contributed by atoms with Crippen LogP contribution in [-0.2, 0) is 4.79 Å². The third kappa shape index (κ3) is 3.86. The number of halogens is 1. The number of rotatable bonds is 2. The highest BCUT2D eigenvalue weighted by molar-refractivity contribution is 7.20. The minimum atomic E-state index is -0.409. The Morgan fingerprint density at radius 1 is 1.22 bits per heavy atom. The zero-order valence-electron chi connectivity index (χ0n) is 15.5. The summed E-state index contributed by atoms with van der Waals surface area (Å²) in [5, 5.41) is 0. The van der Waals surface area contributed by atoms with Crippen LogP contribution in [-0.4, -0.2) is 53.3 Å². The summed E-state index contributed by atoms with van der Waals surface area (Å²) in [6, 6.07) is 3.68. The van der Waals surface area contributed by atoms with Crippen molar-refractivity contribution in [3.05, 3.63) is 23.3 Å². The van der Waals surface area contributed by atoms with Gasteiger partial charge in [0.15, 0.2) is 0 Å². The van der Waals surface area contributed by atoms with Crippen LogP contribution in [0.4, 0.5) is 0 Å². The molecule has 1 aliphatic heterocycles. The van der Waals surface area contributed by atoms with Crippen LogP contribution in [0.1, 0.15) is 42.3 Å². The van der Waals surface area contributed by atoms with Crippen LogP contribution in [0.5, 0.6) is 0 Å². The first-order valence-corrected chi connectivity index (χ1v) is 10.1. The normalized spacial score (nSPS) is 26.1. The lowest BCUT2D eigenvalue weighted by Gasteiger charge is -2.42. The van der Waals surface area contributed by atoms with Crippen molar-refractivity contribution in [2.24, 2.45) is 11.7 Å². The molecule has 27 heavy (non-hydrogen) atoms. The number of nitrogens with two attached hydrogens (primary N) is 1. The lowest BCUT2D eigenvalue weighted by atomic mass is 9.74. The summed E-state index contributed by atoms with van der Waals surface area (Å²) in [4.78, 5) is 30.1. The molecule has 0 radical (unpaired) electrons. The highest BCUT2D eigenvalue weighted by atomic mass is 35.5. The van der Waals surface area contributed by atoms with Gasteiger partial charge >= 0.3 is 0 Å². The molecule has 1 saturated carbocycles. The van der Waals surface area contributed by atoms with Gasteiger partial charge in [0.05, 0.1) is 21.8 Å². The molecule has 2 aromatic rings. The van der Waals surface area contributed by atoms with E-state index < -0.39 is 5.54 Å². The van der Waals surface area contributed by atoms with Gasteiger partial charge in [0.2, 0.25) is 5.91 Å². The molecule has 0 bridgehead atoms. The first-order chi connectivity index (χ1) is 12.5. The molecular formula is C19H26ClN3O3S. The van der Waals surface area contributed by atoms with Gasteiger partial charge in [-0.25, -0.2) is 0 Å². The summed E-state index contributed by atoms with van der Waals surface area (Å²) >= 11 is 1.45. The molecule has 2 aromatic heterocycles. The average Bonchev–Trinajstić information content (AvgIpc) is 3.22. The Hall–Kier alpha value is -1.57. The van der Waals surface area contributed by atoms with Gasteiger partial charge in [-0.15, -0.1) is 23.7 Å². The fourth-order valence-corrected chi connectivity index (χ4v) is 5.09. The van der Waals surface area contributed by atoms with E-state index in [1.807, 2.05) is 28.9 Å². The largest absolute Gasteiger partial charge is 0.463 e. The van der Waals surface area contributed by atoms with Gasteiger partial charge in [-0.05, 0) is 25.8 Å². The molecule has 2 unspecified atom stereocenters. The maximum Gasteiger partial charge on any atom is 0.264 e. The van der Waals surface area contributed by atoms with Crippen molar-refractivity contribution in [3.8, 4) is 0 Å². The molecule has 2 amide bonds. The summed E-state index contributed by atoms with van der Waals surface area (Å²) in [5.74, 6) is 0.0907. The first-order valence-electron chi connectivity index (χ1n) is 9.30. The zero-order valence-corrected chi connectivity index (χ0v) is 17.1. The molecule has 0 spiro atoms. The van der Waals surface area contributed by atoms with Crippen LogP contribution in [0.15, 0.2) is 22.8 Å². The maximum atomic E-state index is 12.9. The summed E-state index contributed by atoms with van der Waals surface area (Å²) in [6.45, 7) is 4.30. The Morgan fingerprint density at radius 2 is 1.93 bits per heavy atom. The number of carbonyl (C=O) groups is 2. The number of hydrogen-bond donors (Lipinski definition) is 1. The summed E-state index contributed by atoms with van der Waals surface area (Å²) in [6.07, 6.45) is 5.58. The summed E-state index contributed by atoms with van der Waals surface area (Å²) in [5.41, 5.74) is 6.74. The van der Waals surface area contributed by atoms with E-state index in [9.17, 15) is 9.59 Å². The fourth-order valence-electron chi connectivity index (χ4n) is 4.14. The fraction of sp³-hybridized carbons (Fsp3) is 0.579. The molecule has 148 valence electrons. The summed E-state index contributed by atoms with van der Waals surface area (Å²) in [7, 11) is 0. The average molecular weight is 412 g/mol. The molecule has 2 N–H and O–H groups in total. The topological polar surface area (TPSA) is 79.8 Å². The molecule has 8 heteroatoms. The number of nitrogens with zero attached hydrogens (tertiary/aromatic N) is 2. The van der Waals surface area contributed by atoms with Crippen LogP contribution in [0.25, 0.3) is 10.3 Å². The Kier molecular flexibility index (Phi) is 5.84. The first kappa shape index (κ1) is 20.2. The highest BCUT2D eigenvalue weighted by Gasteiger charge is 2.40. The van der Waals surface area contributed by atoms with Crippen molar-refractivity contribution in [2.75, 3.05) is 26.2 Å². The quantitative estimate of drug-likeness (QED) is 0.823. The number of carbonyl (C=O) groups excluding carboxylic acids is 2. The van der Waals surface area contributed by atoms with Gasteiger partial charge in [-0.3, -0.25) is 9.59 Å². The standard InChI is InChI=1S/C19H25N3O3S.ClH/c1-19(20)6-3-2-4-13(19)17(23)21-7-9-22(10-8-21)18(24)16-12-14-15(26-16)5-11-25-14;/h5,11-13H,2-4,6-10,20H2,1H3;1H. The lowest BCUT2D eigenvalue weighted by molar-refractivity contribution is -0.140. The summed E-state index contributed by atoms with van der Waals surface area (Å²) < 4.78 is 6.33. The number of hydrogen-bond acceptors (Lipinski definition) is 5. The van der Waals surface area contributed by atoms with Gasteiger partial charge in [0.25, 0.3) is 5.91 Å². The molecule has 3 heterocycles. The van der Waals surface area contributed by atoms with Crippen molar-refractivity contribution in [3.63, 3.8) is 0 Å². The molecule has 1 saturated heterocycles. The van der Waals surface area contributed by atoms with Crippen molar-refractivity contribution in [1.29, 1.82) is 0 Å². The number of piperazine rings is 1. The van der Waals surface area contributed by atoms with Crippen LogP contribution in [0.3, 0.4) is 0 Å². The van der Waals surface area contributed by atoms with E-state index in [0.717, 1.165) is 36.0 Å². The third-order valence-corrected chi connectivity index (χ3v) is 6.85. The van der Waals surface area contributed by atoms with E-state index in [-0.39, 0.29) is 30.1 Å². The van der Waals surface area contributed by atoms with Crippen LogP contribution in [0, 0.1) is 5.92 Å². The minimum Gasteiger partial charge on any atom is -0.463 e. The van der Waals surface area contributed by atoms with Crippen molar-refractivity contribution >= 4 is 45.8 Å². The predicted molar refractivity (Wildman–Crippen MR) is 108 cm³/mol. The number of amides is 2. The van der Waals surface area contributed by atoms with Gasteiger partial charge in [-0.1, -0.05) is 12.8 Å². The molecule has 0 aromatic carbocycles. The smallest absolute Gasteiger partial charge is 0.264 e. The van der Waals surface area contributed by atoms with Crippen molar-refractivity contribution < 1.29 is 14.0 Å². The second-order valence-electron chi connectivity index (χ2n) is 7.68. The van der Waals surface area contributed by atoms with E-state index >= 15 is 0 Å². The highest BCUT2D eigenvalue weighted by Crippen LogP contribution is 2.33. The van der Waals surface area contributed by atoms with E-state index in [1.165, 1.54) is 11.3 Å². The lowest BCUT2D eigenvalue weighted by Crippen LogP contribution is -2.57. The van der Waals surface area contributed by atoms with Crippen molar-refractivity contribution in [1.82, 2.24) is 9.80 Å². The molecule has 1 aliphatic carbocycles. The van der Waals surface area contributed by atoms with Gasteiger partial charge in [0, 0.05) is 37.8 Å². The Balaban J connectivity index is 0.00000210.